The van der Waals surface area contributed by atoms with Crippen LogP contribution in [0, 0.1) is 11.3 Å². The highest BCUT2D eigenvalue weighted by Gasteiger charge is 2.21. The van der Waals surface area contributed by atoms with Crippen molar-refractivity contribution in [1.29, 1.82) is 0 Å². The molecule has 0 saturated carbocycles. The Morgan fingerprint density at radius 2 is 1.69 bits per heavy atom. The molecule has 1 unspecified atom stereocenters. The summed E-state index contributed by atoms with van der Waals surface area (Å²) < 4.78 is 0. The van der Waals surface area contributed by atoms with E-state index in [1.54, 1.807) is 23.9 Å². The van der Waals surface area contributed by atoms with Crippen molar-refractivity contribution in [3.63, 3.8) is 0 Å². The fraction of sp³-hybridized carbons (Fsp3) is 0.652. The largest absolute Gasteiger partial charge is 0.508 e. The molecule has 1 rings (SSSR count). The first kappa shape index (κ1) is 25.3. The average Bonchev–Trinajstić information content (AvgIpc) is 2.61. The Bertz CT molecular complexity index is 624. The molecule has 0 heterocycles. The van der Waals surface area contributed by atoms with Crippen molar-refractivity contribution >= 4 is 23.6 Å². The maximum atomic E-state index is 12.7. The lowest BCUT2D eigenvalue weighted by molar-refractivity contribution is -0.123. The molecule has 6 heteroatoms. The van der Waals surface area contributed by atoms with Crippen LogP contribution < -0.4 is 10.6 Å². The van der Waals surface area contributed by atoms with Gasteiger partial charge in [-0.1, -0.05) is 46.8 Å². The first-order valence-corrected chi connectivity index (χ1v) is 11.6. The molecule has 0 bridgehead atoms. The van der Waals surface area contributed by atoms with Gasteiger partial charge in [0.1, 0.15) is 5.75 Å². The number of amides is 2. The van der Waals surface area contributed by atoms with Gasteiger partial charge in [-0.05, 0) is 47.6 Å². The van der Waals surface area contributed by atoms with E-state index in [1.165, 1.54) is 0 Å². The summed E-state index contributed by atoms with van der Waals surface area (Å²) in [5, 5.41) is 15.5. The molecule has 164 valence electrons. The summed E-state index contributed by atoms with van der Waals surface area (Å²) in [6.07, 6.45) is 2.22. The van der Waals surface area contributed by atoms with Crippen molar-refractivity contribution in [2.75, 3.05) is 24.6 Å². The smallest absolute Gasteiger partial charge is 0.227 e. The number of carbonyl (C=O) groups is 2. The molecule has 2 amide bonds. The molecule has 0 fully saturated rings. The molecule has 0 aliphatic heterocycles. The highest BCUT2D eigenvalue weighted by Crippen LogP contribution is 2.25. The Balaban J connectivity index is 2.25. The van der Waals surface area contributed by atoms with Crippen LogP contribution in [0.4, 0.5) is 0 Å². The Hall–Kier alpha value is -1.69. The van der Waals surface area contributed by atoms with Crippen molar-refractivity contribution < 1.29 is 14.7 Å². The number of carbonyl (C=O) groups excluding carboxylic acids is 2. The van der Waals surface area contributed by atoms with Gasteiger partial charge in [-0.2, -0.15) is 11.8 Å². The van der Waals surface area contributed by atoms with E-state index in [0.29, 0.717) is 25.4 Å². The summed E-state index contributed by atoms with van der Waals surface area (Å²) in [6.45, 7) is 11.7. The molecule has 0 aromatic heterocycles. The van der Waals surface area contributed by atoms with Gasteiger partial charge in [-0.25, -0.2) is 0 Å². The number of thioether (sulfide) groups is 1. The van der Waals surface area contributed by atoms with E-state index >= 15 is 0 Å². The molecule has 5 nitrogen and oxygen atoms in total. The normalized spacial score (nSPS) is 12.6. The molecule has 3 N–H and O–H groups in total. The predicted octanol–water partition coefficient (Wildman–Crippen LogP) is 4.31. The number of hydrogen-bond donors (Lipinski definition) is 3. The molecule has 1 atom stereocenters. The molecule has 29 heavy (non-hydrogen) atoms. The second-order valence-electron chi connectivity index (χ2n) is 9.12. The SMILES string of the molecule is CC(C)CC(C(=O)NCCCSCCNC(=O)CC(C)(C)C)c1ccc(O)cc1. The molecule has 0 spiro atoms. The van der Waals surface area contributed by atoms with E-state index in [9.17, 15) is 14.7 Å². The molecule has 0 aliphatic rings. The Labute approximate surface area is 180 Å². The molecule has 0 radical (unpaired) electrons. The van der Waals surface area contributed by atoms with Crippen LogP contribution in [0.5, 0.6) is 5.75 Å². The molecule has 1 aromatic carbocycles. The molecule has 1 aromatic rings. The molecule has 0 aliphatic carbocycles. The average molecular weight is 423 g/mol. The number of nitrogens with one attached hydrogen (secondary N) is 2. The molecular formula is C23H38N2O3S. The number of phenolic OH excluding ortho intramolecular Hbond substituents is 1. The van der Waals surface area contributed by atoms with Crippen molar-refractivity contribution in [1.82, 2.24) is 10.6 Å². The molecule has 0 saturated heterocycles. The standard InChI is InChI=1S/C23H38N2O3S/c1-17(2)15-20(18-7-9-19(26)10-8-18)22(28)25-11-6-13-29-14-12-24-21(27)16-23(3,4)5/h7-10,17,20,26H,6,11-16H2,1-5H3,(H,24,27)(H,25,28). The Kier molecular flexibility index (Phi) is 11.2. The van der Waals surface area contributed by atoms with E-state index in [2.05, 4.69) is 45.3 Å². The zero-order valence-electron chi connectivity index (χ0n) is 18.6. The van der Waals surface area contributed by atoms with E-state index in [1.807, 2.05) is 12.1 Å². The third kappa shape index (κ3) is 11.8. The lowest BCUT2D eigenvalue weighted by Crippen LogP contribution is -2.31. The van der Waals surface area contributed by atoms with Crippen LogP contribution in [0.1, 0.15) is 65.4 Å². The maximum Gasteiger partial charge on any atom is 0.227 e. The van der Waals surface area contributed by atoms with Crippen LogP contribution in [0.25, 0.3) is 0 Å². The van der Waals surface area contributed by atoms with Crippen LogP contribution >= 0.6 is 11.8 Å². The van der Waals surface area contributed by atoms with Crippen LogP contribution in [-0.4, -0.2) is 41.5 Å². The fourth-order valence-electron chi connectivity index (χ4n) is 2.99. The zero-order chi connectivity index (χ0) is 21.9. The summed E-state index contributed by atoms with van der Waals surface area (Å²) in [7, 11) is 0. The van der Waals surface area contributed by atoms with Crippen molar-refractivity contribution in [3.05, 3.63) is 29.8 Å². The second kappa shape index (κ2) is 12.8. The number of phenols is 1. The van der Waals surface area contributed by atoms with Crippen molar-refractivity contribution in [2.24, 2.45) is 11.3 Å². The minimum absolute atomic E-state index is 0.0169. The Morgan fingerprint density at radius 1 is 1.03 bits per heavy atom. The Morgan fingerprint density at radius 3 is 2.28 bits per heavy atom. The van der Waals surface area contributed by atoms with Gasteiger partial charge in [0, 0.05) is 25.3 Å². The quantitative estimate of drug-likeness (QED) is 0.439. The number of benzene rings is 1. The molecular weight excluding hydrogens is 384 g/mol. The lowest BCUT2D eigenvalue weighted by Gasteiger charge is -2.19. The van der Waals surface area contributed by atoms with E-state index in [-0.39, 0.29) is 28.9 Å². The van der Waals surface area contributed by atoms with Crippen molar-refractivity contribution in [2.45, 2.75) is 59.8 Å². The maximum absolute atomic E-state index is 12.7. The summed E-state index contributed by atoms with van der Waals surface area (Å²) in [4.78, 5) is 24.4. The van der Waals surface area contributed by atoms with Crippen LogP contribution in [0.15, 0.2) is 24.3 Å². The summed E-state index contributed by atoms with van der Waals surface area (Å²) in [6, 6.07) is 6.91. The van der Waals surface area contributed by atoms with Gasteiger partial charge in [0.25, 0.3) is 0 Å². The van der Waals surface area contributed by atoms with Gasteiger partial charge < -0.3 is 15.7 Å². The van der Waals surface area contributed by atoms with Gasteiger partial charge in [0.2, 0.25) is 11.8 Å². The third-order valence-electron chi connectivity index (χ3n) is 4.34. The highest BCUT2D eigenvalue weighted by molar-refractivity contribution is 7.99. The monoisotopic (exact) mass is 422 g/mol. The summed E-state index contributed by atoms with van der Waals surface area (Å²) in [5.74, 6) is 2.41. The first-order valence-electron chi connectivity index (χ1n) is 10.5. The van der Waals surface area contributed by atoms with Crippen LogP contribution in [0.3, 0.4) is 0 Å². The van der Waals surface area contributed by atoms with E-state index < -0.39 is 0 Å². The van der Waals surface area contributed by atoms with Crippen LogP contribution in [0.2, 0.25) is 0 Å². The van der Waals surface area contributed by atoms with Gasteiger partial charge >= 0.3 is 0 Å². The summed E-state index contributed by atoms with van der Waals surface area (Å²) in [5.41, 5.74) is 0.956. The lowest BCUT2D eigenvalue weighted by atomic mass is 9.89. The fourth-order valence-corrected chi connectivity index (χ4v) is 3.79. The number of aromatic hydroxyl groups is 1. The van der Waals surface area contributed by atoms with Gasteiger partial charge in [0.05, 0.1) is 5.92 Å². The second-order valence-corrected chi connectivity index (χ2v) is 10.3. The van der Waals surface area contributed by atoms with Crippen LogP contribution in [-0.2, 0) is 9.59 Å². The van der Waals surface area contributed by atoms with Gasteiger partial charge in [-0.3, -0.25) is 9.59 Å². The van der Waals surface area contributed by atoms with E-state index in [4.69, 9.17) is 0 Å². The van der Waals surface area contributed by atoms with Gasteiger partial charge in [-0.15, -0.1) is 0 Å². The first-order chi connectivity index (χ1) is 13.6. The highest BCUT2D eigenvalue weighted by atomic mass is 32.2. The van der Waals surface area contributed by atoms with E-state index in [0.717, 1.165) is 29.9 Å². The zero-order valence-corrected chi connectivity index (χ0v) is 19.4. The number of rotatable bonds is 12. The minimum Gasteiger partial charge on any atom is -0.508 e. The number of hydrogen-bond acceptors (Lipinski definition) is 4. The minimum atomic E-state index is -0.193. The van der Waals surface area contributed by atoms with Crippen molar-refractivity contribution in [3.8, 4) is 5.75 Å². The third-order valence-corrected chi connectivity index (χ3v) is 5.41. The topological polar surface area (TPSA) is 78.4 Å². The summed E-state index contributed by atoms with van der Waals surface area (Å²) >= 11 is 1.79. The predicted molar refractivity (Wildman–Crippen MR) is 122 cm³/mol. The van der Waals surface area contributed by atoms with Gasteiger partial charge in [0.15, 0.2) is 0 Å².